The quantitative estimate of drug-likeness (QED) is 0.574. The van der Waals surface area contributed by atoms with E-state index in [9.17, 15) is 0 Å². The van der Waals surface area contributed by atoms with E-state index in [1.54, 1.807) is 0 Å². The van der Waals surface area contributed by atoms with E-state index in [2.05, 4.69) is 21.7 Å². The Labute approximate surface area is 74.1 Å². The number of aliphatic imine (C=N–C) groups is 1. The third-order valence-corrected chi connectivity index (χ3v) is 2.64. The highest BCUT2D eigenvalue weighted by atomic mass is 15.4. The molecule has 2 heterocycles. The molecule has 0 aliphatic carbocycles. The van der Waals surface area contributed by atoms with Crippen LogP contribution in [-0.4, -0.2) is 48.5 Å². The number of rotatable bonds is 1. The lowest BCUT2D eigenvalue weighted by molar-refractivity contribution is 0.250. The van der Waals surface area contributed by atoms with Crippen molar-refractivity contribution in [2.75, 3.05) is 32.7 Å². The molecule has 0 bridgehead atoms. The van der Waals surface area contributed by atoms with Crippen LogP contribution in [0, 0.1) is 0 Å². The minimum atomic E-state index is 1.03. The highest BCUT2D eigenvalue weighted by molar-refractivity contribution is 5.81. The Morgan fingerprint density at radius 3 is 2.92 bits per heavy atom. The highest BCUT2D eigenvalue weighted by Gasteiger charge is 2.23. The first-order valence-electron chi connectivity index (χ1n) is 4.96. The zero-order valence-electron chi connectivity index (χ0n) is 7.79. The smallest absolute Gasteiger partial charge is 0.196 e. The monoisotopic (exact) mass is 167 g/mol. The van der Waals surface area contributed by atoms with E-state index in [1.165, 1.54) is 38.4 Å². The van der Waals surface area contributed by atoms with Crippen molar-refractivity contribution in [3.63, 3.8) is 0 Å². The third-order valence-electron chi connectivity index (χ3n) is 2.64. The summed E-state index contributed by atoms with van der Waals surface area (Å²) in [5, 5.41) is 0. The van der Waals surface area contributed by atoms with E-state index in [1.807, 2.05) is 0 Å². The van der Waals surface area contributed by atoms with Crippen molar-refractivity contribution >= 4 is 5.96 Å². The van der Waals surface area contributed by atoms with Gasteiger partial charge in [0.1, 0.15) is 0 Å². The van der Waals surface area contributed by atoms with Crippen LogP contribution < -0.4 is 0 Å². The topological polar surface area (TPSA) is 18.8 Å². The molecule has 1 fully saturated rings. The van der Waals surface area contributed by atoms with E-state index in [0.29, 0.717) is 0 Å². The van der Waals surface area contributed by atoms with Gasteiger partial charge in [-0.15, -0.1) is 0 Å². The summed E-state index contributed by atoms with van der Waals surface area (Å²) < 4.78 is 0. The predicted octanol–water partition coefficient (Wildman–Crippen LogP) is 0.774. The molecule has 0 aromatic rings. The largest absolute Gasteiger partial charge is 0.343 e. The number of nitrogens with zero attached hydrogens (tertiary/aromatic N) is 3. The Morgan fingerprint density at radius 1 is 1.25 bits per heavy atom. The van der Waals surface area contributed by atoms with Gasteiger partial charge in [-0.05, 0) is 19.8 Å². The van der Waals surface area contributed by atoms with E-state index >= 15 is 0 Å². The third kappa shape index (κ3) is 1.28. The van der Waals surface area contributed by atoms with Crippen molar-refractivity contribution in [2.45, 2.75) is 19.8 Å². The van der Waals surface area contributed by atoms with Crippen molar-refractivity contribution in [1.29, 1.82) is 0 Å². The number of fused-ring (bicyclic) bond motifs is 1. The summed E-state index contributed by atoms with van der Waals surface area (Å²) in [4.78, 5) is 9.39. The first-order valence-corrected chi connectivity index (χ1v) is 4.96. The fraction of sp³-hybridized carbons (Fsp3) is 0.889. The molecule has 0 radical (unpaired) electrons. The van der Waals surface area contributed by atoms with Crippen molar-refractivity contribution in [3.8, 4) is 0 Å². The van der Waals surface area contributed by atoms with Crippen molar-refractivity contribution in [3.05, 3.63) is 0 Å². The molecule has 0 amide bonds. The lowest BCUT2D eigenvalue weighted by Gasteiger charge is -2.40. The number of hydrogen-bond donors (Lipinski definition) is 0. The first kappa shape index (κ1) is 7.90. The zero-order chi connectivity index (χ0) is 8.39. The molecular weight excluding hydrogens is 150 g/mol. The van der Waals surface area contributed by atoms with Gasteiger partial charge in [-0.2, -0.15) is 0 Å². The summed E-state index contributed by atoms with van der Waals surface area (Å²) in [5.74, 6) is 1.26. The van der Waals surface area contributed by atoms with Gasteiger partial charge < -0.3 is 9.80 Å². The summed E-state index contributed by atoms with van der Waals surface area (Å²) in [6.45, 7) is 7.98. The summed E-state index contributed by atoms with van der Waals surface area (Å²) >= 11 is 0. The second-order valence-electron chi connectivity index (χ2n) is 3.46. The van der Waals surface area contributed by atoms with Gasteiger partial charge in [0.25, 0.3) is 0 Å². The second-order valence-corrected chi connectivity index (χ2v) is 3.46. The Balaban J connectivity index is 2.12. The minimum Gasteiger partial charge on any atom is -0.343 e. The van der Waals surface area contributed by atoms with Gasteiger partial charge in [0.2, 0.25) is 0 Å². The minimum absolute atomic E-state index is 1.03. The van der Waals surface area contributed by atoms with Crippen LogP contribution in [0.1, 0.15) is 19.8 Å². The van der Waals surface area contributed by atoms with Crippen LogP contribution >= 0.6 is 0 Å². The number of guanidine groups is 1. The van der Waals surface area contributed by atoms with Crippen LogP contribution in [0.3, 0.4) is 0 Å². The van der Waals surface area contributed by atoms with Crippen LogP contribution in [0.25, 0.3) is 0 Å². The molecule has 0 spiro atoms. The molecule has 0 unspecified atom stereocenters. The highest BCUT2D eigenvalue weighted by Crippen LogP contribution is 2.12. The average molecular weight is 167 g/mol. The second kappa shape index (κ2) is 3.33. The Bertz CT molecular complexity index is 188. The fourth-order valence-electron chi connectivity index (χ4n) is 2.00. The molecule has 3 nitrogen and oxygen atoms in total. The van der Waals surface area contributed by atoms with Crippen LogP contribution in [0.15, 0.2) is 4.99 Å². The van der Waals surface area contributed by atoms with Crippen LogP contribution in [0.4, 0.5) is 0 Å². The first-order chi connectivity index (χ1) is 5.92. The summed E-state index contributed by atoms with van der Waals surface area (Å²) in [6, 6.07) is 0. The molecule has 0 atom stereocenters. The Morgan fingerprint density at radius 2 is 2.08 bits per heavy atom. The maximum absolute atomic E-state index is 4.57. The lowest BCUT2D eigenvalue weighted by Crippen LogP contribution is -2.52. The van der Waals surface area contributed by atoms with E-state index < -0.39 is 0 Å². The fourth-order valence-corrected chi connectivity index (χ4v) is 2.00. The van der Waals surface area contributed by atoms with Gasteiger partial charge in [0.05, 0.1) is 0 Å². The maximum atomic E-state index is 4.57. The molecule has 1 saturated heterocycles. The zero-order valence-corrected chi connectivity index (χ0v) is 7.79. The standard InChI is InChI=1S/C9H17N3/c1-2-11-7-4-8-12-6-3-5-10-9(11)12/h2-8H2,1H3. The molecule has 2 aliphatic rings. The average Bonchev–Trinajstić information content (AvgIpc) is 2.17. The summed E-state index contributed by atoms with van der Waals surface area (Å²) in [7, 11) is 0. The van der Waals surface area contributed by atoms with Gasteiger partial charge >= 0.3 is 0 Å². The Kier molecular flexibility index (Phi) is 2.19. The van der Waals surface area contributed by atoms with Crippen LogP contribution in [-0.2, 0) is 0 Å². The van der Waals surface area contributed by atoms with E-state index in [-0.39, 0.29) is 0 Å². The van der Waals surface area contributed by atoms with Crippen molar-refractivity contribution in [1.82, 2.24) is 9.80 Å². The molecule has 2 aliphatic heterocycles. The van der Waals surface area contributed by atoms with Crippen molar-refractivity contribution < 1.29 is 0 Å². The predicted molar refractivity (Wildman–Crippen MR) is 50.4 cm³/mol. The van der Waals surface area contributed by atoms with E-state index in [0.717, 1.165) is 13.1 Å². The van der Waals surface area contributed by atoms with Gasteiger partial charge in [-0.25, -0.2) is 0 Å². The normalized spacial score (nSPS) is 23.6. The molecule has 0 aromatic carbocycles. The van der Waals surface area contributed by atoms with Crippen LogP contribution in [0.2, 0.25) is 0 Å². The number of hydrogen-bond acceptors (Lipinski definition) is 3. The lowest BCUT2D eigenvalue weighted by atomic mass is 10.2. The maximum Gasteiger partial charge on any atom is 0.196 e. The van der Waals surface area contributed by atoms with Gasteiger partial charge in [-0.1, -0.05) is 0 Å². The van der Waals surface area contributed by atoms with E-state index in [4.69, 9.17) is 0 Å². The van der Waals surface area contributed by atoms with Crippen molar-refractivity contribution in [2.24, 2.45) is 4.99 Å². The van der Waals surface area contributed by atoms with Gasteiger partial charge in [0.15, 0.2) is 5.96 Å². The molecule has 3 heteroatoms. The molecule has 12 heavy (non-hydrogen) atoms. The molecule has 68 valence electrons. The molecular formula is C9H17N3. The molecule has 0 N–H and O–H groups in total. The molecule has 0 saturated carbocycles. The van der Waals surface area contributed by atoms with Crippen LogP contribution in [0.5, 0.6) is 0 Å². The Hall–Kier alpha value is -0.730. The van der Waals surface area contributed by atoms with Gasteiger partial charge in [0, 0.05) is 32.7 Å². The van der Waals surface area contributed by atoms with Gasteiger partial charge in [-0.3, -0.25) is 4.99 Å². The molecule has 2 rings (SSSR count). The molecule has 0 aromatic heterocycles. The summed E-state index contributed by atoms with van der Waals surface area (Å²) in [6.07, 6.45) is 2.54. The summed E-state index contributed by atoms with van der Waals surface area (Å²) in [5.41, 5.74) is 0. The SMILES string of the molecule is CCN1CCCN2CCCN=C12.